The fraction of sp³-hybridized carbons (Fsp3) is 0.625. The second-order valence-corrected chi connectivity index (χ2v) is 6.30. The lowest BCUT2D eigenvalue weighted by atomic mass is 9.84. The molecule has 1 saturated heterocycles. The molecule has 1 aliphatic heterocycles. The molecule has 1 heterocycles. The van der Waals surface area contributed by atoms with E-state index in [0.29, 0.717) is 0 Å². The van der Waals surface area contributed by atoms with Crippen molar-refractivity contribution in [3.63, 3.8) is 0 Å². The van der Waals surface area contributed by atoms with E-state index in [0.717, 1.165) is 19.6 Å². The predicted molar refractivity (Wildman–Crippen MR) is 77.7 cm³/mol. The van der Waals surface area contributed by atoms with Crippen molar-refractivity contribution in [2.75, 3.05) is 19.6 Å². The van der Waals surface area contributed by atoms with Crippen molar-refractivity contribution in [1.82, 2.24) is 10.2 Å². The van der Waals surface area contributed by atoms with Gasteiger partial charge in [0.05, 0.1) is 5.54 Å². The van der Waals surface area contributed by atoms with Crippen LogP contribution in [0, 0.1) is 0 Å². The largest absolute Gasteiger partial charge is 0.308 e. The van der Waals surface area contributed by atoms with Crippen LogP contribution in [0.1, 0.15) is 39.7 Å². The zero-order chi connectivity index (χ0) is 13.2. The number of hydrogen-bond acceptors (Lipinski definition) is 2. The number of hydrogen-bond donors (Lipinski definition) is 1. The fourth-order valence-electron chi connectivity index (χ4n) is 2.91. The molecule has 0 radical (unpaired) electrons. The smallest absolute Gasteiger partial charge is 0.0558 e. The van der Waals surface area contributed by atoms with Gasteiger partial charge in [-0.15, -0.1) is 0 Å². The van der Waals surface area contributed by atoms with Crippen LogP contribution >= 0.6 is 0 Å². The van der Waals surface area contributed by atoms with Crippen LogP contribution in [0.15, 0.2) is 30.3 Å². The van der Waals surface area contributed by atoms with Crippen molar-refractivity contribution >= 4 is 0 Å². The molecule has 0 aliphatic carbocycles. The summed E-state index contributed by atoms with van der Waals surface area (Å²) in [4.78, 5) is 2.64. The van der Waals surface area contributed by atoms with Gasteiger partial charge in [0.25, 0.3) is 0 Å². The molecule has 2 nitrogen and oxygen atoms in total. The van der Waals surface area contributed by atoms with E-state index in [1.165, 1.54) is 12.0 Å². The lowest BCUT2D eigenvalue weighted by molar-refractivity contribution is 0.0243. The summed E-state index contributed by atoms with van der Waals surface area (Å²) in [6.45, 7) is 12.5. The SMILES string of the molecule is CCCN1CC(C)(C)NCC1(C)c1ccccc1. The van der Waals surface area contributed by atoms with Gasteiger partial charge < -0.3 is 5.32 Å². The van der Waals surface area contributed by atoms with Gasteiger partial charge in [-0.25, -0.2) is 0 Å². The molecule has 0 spiro atoms. The van der Waals surface area contributed by atoms with Gasteiger partial charge in [-0.2, -0.15) is 0 Å². The summed E-state index contributed by atoms with van der Waals surface area (Å²) >= 11 is 0. The van der Waals surface area contributed by atoms with Crippen molar-refractivity contribution in [3.05, 3.63) is 35.9 Å². The fourth-order valence-corrected chi connectivity index (χ4v) is 2.91. The highest BCUT2D eigenvalue weighted by atomic mass is 15.3. The van der Waals surface area contributed by atoms with E-state index in [1.54, 1.807) is 0 Å². The van der Waals surface area contributed by atoms with Gasteiger partial charge in [-0.05, 0) is 39.3 Å². The molecule has 100 valence electrons. The van der Waals surface area contributed by atoms with Crippen molar-refractivity contribution in [2.24, 2.45) is 0 Å². The highest BCUT2D eigenvalue weighted by Gasteiger charge is 2.41. The molecule has 1 N–H and O–H groups in total. The molecule has 1 fully saturated rings. The maximum atomic E-state index is 3.69. The van der Waals surface area contributed by atoms with Gasteiger partial charge in [0, 0.05) is 18.6 Å². The van der Waals surface area contributed by atoms with Crippen molar-refractivity contribution in [1.29, 1.82) is 0 Å². The second kappa shape index (κ2) is 5.02. The first-order chi connectivity index (χ1) is 8.48. The number of benzene rings is 1. The summed E-state index contributed by atoms with van der Waals surface area (Å²) in [6.07, 6.45) is 1.21. The van der Waals surface area contributed by atoms with Crippen LogP contribution in [0.2, 0.25) is 0 Å². The maximum absolute atomic E-state index is 3.69. The summed E-state index contributed by atoms with van der Waals surface area (Å²) in [7, 11) is 0. The zero-order valence-corrected chi connectivity index (χ0v) is 12.2. The minimum atomic E-state index is 0.118. The lowest BCUT2D eigenvalue weighted by Gasteiger charge is -2.51. The molecule has 1 unspecified atom stereocenters. The van der Waals surface area contributed by atoms with Crippen LogP contribution in [0.5, 0.6) is 0 Å². The highest BCUT2D eigenvalue weighted by molar-refractivity contribution is 5.26. The molecule has 0 aromatic heterocycles. The monoisotopic (exact) mass is 246 g/mol. The summed E-state index contributed by atoms with van der Waals surface area (Å²) in [5.74, 6) is 0. The molecule has 1 aromatic rings. The first-order valence-corrected chi connectivity index (χ1v) is 7.03. The van der Waals surface area contributed by atoms with E-state index in [1.807, 2.05) is 0 Å². The van der Waals surface area contributed by atoms with Crippen LogP contribution in [0.3, 0.4) is 0 Å². The minimum Gasteiger partial charge on any atom is -0.308 e. The Labute approximate surface area is 111 Å². The number of nitrogens with zero attached hydrogens (tertiary/aromatic N) is 1. The third-order valence-electron chi connectivity index (χ3n) is 4.08. The summed E-state index contributed by atoms with van der Waals surface area (Å²) < 4.78 is 0. The Morgan fingerprint density at radius 2 is 1.83 bits per heavy atom. The van der Waals surface area contributed by atoms with E-state index in [9.17, 15) is 0 Å². The summed E-state index contributed by atoms with van der Waals surface area (Å²) in [6, 6.07) is 10.9. The molecule has 0 bridgehead atoms. The van der Waals surface area contributed by atoms with Crippen LogP contribution in [-0.2, 0) is 5.54 Å². The van der Waals surface area contributed by atoms with Crippen LogP contribution in [-0.4, -0.2) is 30.1 Å². The van der Waals surface area contributed by atoms with E-state index in [2.05, 4.69) is 68.2 Å². The van der Waals surface area contributed by atoms with Crippen LogP contribution in [0.4, 0.5) is 0 Å². The zero-order valence-electron chi connectivity index (χ0n) is 12.2. The Morgan fingerprint density at radius 3 is 2.44 bits per heavy atom. The van der Waals surface area contributed by atoms with E-state index < -0.39 is 0 Å². The van der Waals surface area contributed by atoms with Gasteiger partial charge >= 0.3 is 0 Å². The maximum Gasteiger partial charge on any atom is 0.0558 e. The summed E-state index contributed by atoms with van der Waals surface area (Å²) in [5.41, 5.74) is 1.75. The Bertz CT molecular complexity index is 385. The van der Waals surface area contributed by atoms with Crippen molar-refractivity contribution in [2.45, 2.75) is 45.2 Å². The molecular formula is C16H26N2. The number of rotatable bonds is 3. The normalized spacial score (nSPS) is 28.2. The molecular weight excluding hydrogens is 220 g/mol. The quantitative estimate of drug-likeness (QED) is 0.882. The van der Waals surface area contributed by atoms with E-state index in [-0.39, 0.29) is 11.1 Å². The number of piperazine rings is 1. The summed E-state index contributed by atoms with van der Waals surface area (Å²) in [5, 5.41) is 3.69. The van der Waals surface area contributed by atoms with Gasteiger partial charge in [-0.1, -0.05) is 37.3 Å². The number of nitrogens with one attached hydrogen (secondary N) is 1. The van der Waals surface area contributed by atoms with Gasteiger partial charge in [0.15, 0.2) is 0 Å². The molecule has 1 aliphatic rings. The highest BCUT2D eigenvalue weighted by Crippen LogP contribution is 2.32. The average molecular weight is 246 g/mol. The third kappa shape index (κ3) is 2.60. The molecule has 1 aromatic carbocycles. The molecule has 0 saturated carbocycles. The van der Waals surface area contributed by atoms with Crippen LogP contribution in [0.25, 0.3) is 0 Å². The topological polar surface area (TPSA) is 15.3 Å². The van der Waals surface area contributed by atoms with Crippen molar-refractivity contribution in [3.8, 4) is 0 Å². The second-order valence-electron chi connectivity index (χ2n) is 6.30. The van der Waals surface area contributed by atoms with Gasteiger partial charge in [-0.3, -0.25) is 4.90 Å². The van der Waals surface area contributed by atoms with E-state index >= 15 is 0 Å². The first-order valence-electron chi connectivity index (χ1n) is 7.03. The Kier molecular flexibility index (Phi) is 3.79. The average Bonchev–Trinajstić information content (AvgIpc) is 2.35. The van der Waals surface area contributed by atoms with Crippen molar-refractivity contribution < 1.29 is 0 Å². The van der Waals surface area contributed by atoms with E-state index in [4.69, 9.17) is 0 Å². The first kappa shape index (κ1) is 13.6. The molecule has 2 rings (SSSR count). The Hall–Kier alpha value is -0.860. The third-order valence-corrected chi connectivity index (χ3v) is 4.08. The molecule has 0 amide bonds. The Balaban J connectivity index is 2.29. The van der Waals surface area contributed by atoms with Gasteiger partial charge in [0.2, 0.25) is 0 Å². The minimum absolute atomic E-state index is 0.118. The lowest BCUT2D eigenvalue weighted by Crippen LogP contribution is -2.65. The predicted octanol–water partition coefficient (Wildman–Crippen LogP) is 3.00. The standard InChI is InChI=1S/C16H26N2/c1-5-11-18-13-15(2,3)17-12-16(18,4)14-9-7-6-8-10-14/h6-10,17H,5,11-13H2,1-4H3. The molecule has 18 heavy (non-hydrogen) atoms. The Morgan fingerprint density at radius 1 is 1.17 bits per heavy atom. The van der Waals surface area contributed by atoms with Crippen LogP contribution < -0.4 is 5.32 Å². The van der Waals surface area contributed by atoms with Gasteiger partial charge in [0.1, 0.15) is 0 Å². The molecule has 1 atom stereocenters. The molecule has 2 heteroatoms.